The number of nitrogens with one attached hydrogen (secondary N) is 1. The molecule has 1 aromatic rings. The van der Waals surface area contributed by atoms with Crippen LogP contribution in [-0.2, 0) is 16.1 Å². The van der Waals surface area contributed by atoms with Crippen LogP contribution in [0.3, 0.4) is 0 Å². The number of carbonyl (C=O) groups excluding carboxylic acids is 3. The highest BCUT2D eigenvalue weighted by Gasteiger charge is 2.47. The van der Waals surface area contributed by atoms with Crippen LogP contribution < -0.4 is 5.32 Å². The Morgan fingerprint density at radius 3 is 2.77 bits per heavy atom. The molecule has 4 heterocycles. The van der Waals surface area contributed by atoms with Crippen LogP contribution in [0.2, 0.25) is 0 Å². The molecular weight excluding hydrogens is 440 g/mol. The van der Waals surface area contributed by atoms with Crippen LogP contribution in [0.25, 0.3) is 0 Å². The molecule has 5 aliphatic rings. The number of carbonyl (C=O) groups is 3. The second kappa shape index (κ2) is 9.41. The molecule has 2 bridgehead atoms. The van der Waals surface area contributed by atoms with Gasteiger partial charge in [0, 0.05) is 25.6 Å². The molecule has 0 aromatic heterocycles. The lowest BCUT2D eigenvalue weighted by Crippen LogP contribution is -2.60. The van der Waals surface area contributed by atoms with Crippen molar-refractivity contribution in [3.8, 4) is 0 Å². The van der Waals surface area contributed by atoms with Gasteiger partial charge in [-0.25, -0.2) is 4.79 Å². The summed E-state index contributed by atoms with van der Waals surface area (Å²) in [4.78, 5) is 44.9. The van der Waals surface area contributed by atoms with E-state index in [4.69, 9.17) is 0 Å². The van der Waals surface area contributed by atoms with Gasteiger partial charge >= 0.3 is 6.03 Å². The Balaban J connectivity index is 1.10. The van der Waals surface area contributed by atoms with E-state index in [0.29, 0.717) is 30.7 Å². The topological polar surface area (TPSA) is 73.0 Å². The van der Waals surface area contributed by atoms with E-state index < -0.39 is 6.04 Å². The molecule has 7 nitrogen and oxygen atoms in total. The molecule has 5 atom stereocenters. The molecule has 4 saturated heterocycles. The average molecular weight is 477 g/mol. The lowest BCUT2D eigenvalue weighted by molar-refractivity contribution is -0.136. The minimum absolute atomic E-state index is 0.128. The first-order valence-electron chi connectivity index (χ1n) is 13.5. The second-order valence-electron chi connectivity index (χ2n) is 11.0. The van der Waals surface area contributed by atoms with Crippen LogP contribution in [0.1, 0.15) is 56.9 Å². The Hall–Kier alpha value is -2.67. The summed E-state index contributed by atoms with van der Waals surface area (Å²) in [5.41, 5.74) is 2.40. The van der Waals surface area contributed by atoms with Crippen molar-refractivity contribution in [2.24, 2.45) is 11.8 Å². The first kappa shape index (κ1) is 22.8. The molecule has 0 spiro atoms. The van der Waals surface area contributed by atoms with E-state index in [-0.39, 0.29) is 30.4 Å². The molecule has 0 radical (unpaired) electrons. The van der Waals surface area contributed by atoms with Crippen molar-refractivity contribution in [2.75, 3.05) is 19.6 Å². The fraction of sp³-hybridized carbons (Fsp3) is 0.607. The van der Waals surface area contributed by atoms with Gasteiger partial charge in [-0.3, -0.25) is 19.4 Å². The van der Waals surface area contributed by atoms with E-state index in [9.17, 15) is 14.4 Å². The van der Waals surface area contributed by atoms with Gasteiger partial charge in [0.05, 0.1) is 12.6 Å². The Labute approximate surface area is 207 Å². The van der Waals surface area contributed by atoms with Gasteiger partial charge in [0.1, 0.15) is 6.04 Å². The molecule has 4 fully saturated rings. The molecule has 4 amide bonds. The molecule has 0 saturated carbocycles. The van der Waals surface area contributed by atoms with Crippen molar-refractivity contribution >= 4 is 17.8 Å². The fourth-order valence-corrected chi connectivity index (χ4v) is 7.35. The summed E-state index contributed by atoms with van der Waals surface area (Å²) < 4.78 is 0. The lowest BCUT2D eigenvalue weighted by Gasteiger charge is -2.54. The number of imide groups is 1. The van der Waals surface area contributed by atoms with Crippen molar-refractivity contribution in [3.63, 3.8) is 0 Å². The number of hydrogen-bond donors (Lipinski definition) is 1. The van der Waals surface area contributed by atoms with Crippen LogP contribution >= 0.6 is 0 Å². The standard InChI is InChI=1S/C28H36N4O3/c33-25(12-11-23-27(34)32(28(35)29-23)17-19-7-2-1-3-8-19)31-14-6-9-20-15-21-16-22(26(20)31)18-30-13-5-4-10-24(21)30/h1-3,7-8,15,21-24,26H,4-6,9-14,16-18H2,(H,29,35)/t21-,22+,23-,24+,26-/m1/s1. The highest BCUT2D eigenvalue weighted by atomic mass is 16.2. The van der Waals surface area contributed by atoms with E-state index >= 15 is 0 Å². The minimum Gasteiger partial charge on any atom is -0.336 e. The molecule has 186 valence electrons. The molecule has 1 N–H and O–H groups in total. The Kier molecular flexibility index (Phi) is 6.13. The van der Waals surface area contributed by atoms with E-state index in [1.807, 2.05) is 30.3 Å². The van der Waals surface area contributed by atoms with E-state index in [1.165, 1.54) is 42.7 Å². The molecule has 4 aliphatic heterocycles. The van der Waals surface area contributed by atoms with Gasteiger partial charge in [-0.2, -0.15) is 0 Å². The van der Waals surface area contributed by atoms with Gasteiger partial charge in [-0.15, -0.1) is 0 Å². The van der Waals surface area contributed by atoms with Crippen LogP contribution in [0, 0.1) is 11.8 Å². The third-order valence-corrected chi connectivity index (χ3v) is 8.91. The normalized spacial score (nSPS) is 32.6. The summed E-state index contributed by atoms with van der Waals surface area (Å²) in [5, 5.41) is 2.80. The maximum atomic E-state index is 13.5. The number of fused-ring (bicyclic) bond motifs is 6. The van der Waals surface area contributed by atoms with E-state index in [0.717, 1.165) is 31.5 Å². The van der Waals surface area contributed by atoms with Crippen LogP contribution in [0.5, 0.6) is 0 Å². The maximum absolute atomic E-state index is 13.5. The summed E-state index contributed by atoms with van der Waals surface area (Å²) in [6.07, 6.45) is 10.5. The monoisotopic (exact) mass is 476 g/mol. The molecule has 1 aliphatic carbocycles. The maximum Gasteiger partial charge on any atom is 0.325 e. The third kappa shape index (κ3) is 4.28. The minimum atomic E-state index is -0.616. The van der Waals surface area contributed by atoms with Gasteiger partial charge in [0.15, 0.2) is 0 Å². The van der Waals surface area contributed by atoms with Gasteiger partial charge in [-0.1, -0.05) is 48.4 Å². The fourth-order valence-electron chi connectivity index (χ4n) is 7.35. The number of piperidine rings is 3. The number of hydrogen-bond acceptors (Lipinski definition) is 4. The summed E-state index contributed by atoms with van der Waals surface area (Å²) in [5.74, 6) is 1.07. The quantitative estimate of drug-likeness (QED) is 0.523. The van der Waals surface area contributed by atoms with Gasteiger partial charge < -0.3 is 10.2 Å². The lowest BCUT2D eigenvalue weighted by atomic mass is 9.68. The van der Waals surface area contributed by atoms with Crippen LogP contribution in [-0.4, -0.2) is 70.3 Å². The van der Waals surface area contributed by atoms with Gasteiger partial charge in [0.25, 0.3) is 5.91 Å². The Bertz CT molecular complexity index is 1020. The summed E-state index contributed by atoms with van der Waals surface area (Å²) >= 11 is 0. The second-order valence-corrected chi connectivity index (χ2v) is 11.0. The number of nitrogens with zero attached hydrogens (tertiary/aromatic N) is 3. The molecular formula is C28H36N4O3. The highest BCUT2D eigenvalue weighted by molar-refractivity contribution is 6.04. The van der Waals surface area contributed by atoms with E-state index in [2.05, 4.69) is 21.2 Å². The largest absolute Gasteiger partial charge is 0.336 e. The Morgan fingerprint density at radius 2 is 1.91 bits per heavy atom. The van der Waals surface area contributed by atoms with E-state index in [1.54, 1.807) is 0 Å². The molecule has 6 rings (SSSR count). The van der Waals surface area contributed by atoms with Crippen molar-refractivity contribution in [3.05, 3.63) is 47.5 Å². The van der Waals surface area contributed by atoms with Crippen molar-refractivity contribution < 1.29 is 14.4 Å². The summed E-state index contributed by atoms with van der Waals surface area (Å²) in [6.45, 7) is 3.37. The number of benzene rings is 1. The zero-order valence-corrected chi connectivity index (χ0v) is 20.4. The van der Waals surface area contributed by atoms with Crippen molar-refractivity contribution in [1.82, 2.24) is 20.0 Å². The van der Waals surface area contributed by atoms with Gasteiger partial charge in [0.2, 0.25) is 5.91 Å². The molecule has 7 heteroatoms. The molecule has 35 heavy (non-hydrogen) atoms. The first-order valence-corrected chi connectivity index (χ1v) is 13.5. The SMILES string of the molecule is O=C1N[C@H](CCC(=O)N2CCCC3=C[C@@H]4C[C@@H](CN5CCCC[C@@H]45)[C@@H]32)C(=O)N1Cc1ccccc1. The predicted molar refractivity (Wildman–Crippen MR) is 132 cm³/mol. The highest BCUT2D eigenvalue weighted by Crippen LogP contribution is 2.45. The molecule has 1 aromatic carbocycles. The summed E-state index contributed by atoms with van der Waals surface area (Å²) in [7, 11) is 0. The summed E-state index contributed by atoms with van der Waals surface area (Å²) in [6, 6.07) is 9.47. The number of urea groups is 1. The number of likely N-dealkylation sites (tertiary alicyclic amines) is 1. The Morgan fingerprint density at radius 1 is 1.06 bits per heavy atom. The van der Waals surface area contributed by atoms with Gasteiger partial charge in [-0.05, 0) is 62.5 Å². The molecule has 0 unspecified atom stereocenters. The predicted octanol–water partition coefficient (Wildman–Crippen LogP) is 3.31. The zero-order chi connectivity index (χ0) is 23.9. The number of amides is 4. The smallest absolute Gasteiger partial charge is 0.325 e. The first-order chi connectivity index (χ1) is 17.1. The third-order valence-electron chi connectivity index (χ3n) is 8.91. The van der Waals surface area contributed by atoms with Crippen LogP contribution in [0.15, 0.2) is 42.0 Å². The number of rotatable bonds is 5. The van der Waals surface area contributed by atoms with Crippen molar-refractivity contribution in [2.45, 2.75) is 76.0 Å². The van der Waals surface area contributed by atoms with Crippen LogP contribution in [0.4, 0.5) is 4.79 Å². The zero-order valence-electron chi connectivity index (χ0n) is 20.4. The van der Waals surface area contributed by atoms with Crippen molar-refractivity contribution in [1.29, 1.82) is 0 Å². The average Bonchev–Trinajstić information content (AvgIpc) is 3.15.